The Labute approximate surface area is 183 Å². The fourth-order valence-electron chi connectivity index (χ4n) is 3.39. The third kappa shape index (κ3) is 3.99. The van der Waals surface area contributed by atoms with E-state index in [4.69, 9.17) is 27.9 Å². The van der Waals surface area contributed by atoms with E-state index in [1.165, 1.54) is 4.90 Å². The summed E-state index contributed by atoms with van der Waals surface area (Å²) in [6.45, 7) is 2.80. The summed E-state index contributed by atoms with van der Waals surface area (Å²) in [5.41, 5.74) is 2.55. The molecule has 1 aliphatic rings. The van der Waals surface area contributed by atoms with Crippen molar-refractivity contribution in [3.8, 4) is 0 Å². The molecular formula is C17H19Cl2N2NaO4. The van der Waals surface area contributed by atoms with E-state index in [9.17, 15) is 14.7 Å². The van der Waals surface area contributed by atoms with Gasteiger partial charge in [0.05, 0.1) is 22.2 Å². The second-order valence-corrected chi connectivity index (χ2v) is 6.65. The van der Waals surface area contributed by atoms with Crippen molar-refractivity contribution >= 4 is 75.7 Å². The van der Waals surface area contributed by atoms with Gasteiger partial charge in [-0.3, -0.25) is 4.79 Å². The number of rotatable bonds is 3. The summed E-state index contributed by atoms with van der Waals surface area (Å²) >= 11 is 12.8. The first-order valence-electron chi connectivity index (χ1n) is 8.05. The van der Waals surface area contributed by atoms with Gasteiger partial charge in [-0.05, 0) is 31.0 Å². The molecule has 0 spiro atoms. The molecule has 1 N–H and O–H groups in total. The van der Waals surface area contributed by atoms with Gasteiger partial charge in [-0.1, -0.05) is 23.2 Å². The van der Waals surface area contributed by atoms with Crippen LogP contribution in [0.25, 0.3) is 10.9 Å². The molecule has 26 heavy (non-hydrogen) atoms. The predicted molar refractivity (Wildman–Crippen MR) is 103 cm³/mol. The fraction of sp³-hybridized carbons (Fsp3) is 0.412. The summed E-state index contributed by atoms with van der Waals surface area (Å²) in [4.78, 5) is 24.8. The zero-order valence-corrected chi connectivity index (χ0v) is 15.2. The van der Waals surface area contributed by atoms with Crippen LogP contribution in [-0.4, -0.2) is 75.9 Å². The molecule has 1 amide bonds. The van der Waals surface area contributed by atoms with E-state index in [0.29, 0.717) is 48.1 Å². The number of fused-ring (bicyclic) bond motifs is 3. The standard InChI is InChI=1S/C17H18Cl2N2O4.Na.H/c1-2-25-14(22)9-21-13-6-8-20(17(23)24)7-5-10(13)15-11(18)3-4-12(19)16(15)21;;/h3-4H,2,5-9H2,1H3,(H,23,24);;. The van der Waals surface area contributed by atoms with Crippen molar-refractivity contribution in [2.45, 2.75) is 26.3 Å². The van der Waals surface area contributed by atoms with Crippen molar-refractivity contribution in [2.75, 3.05) is 19.7 Å². The number of esters is 1. The van der Waals surface area contributed by atoms with Crippen LogP contribution in [0.3, 0.4) is 0 Å². The number of aromatic nitrogens is 1. The molecule has 2 aromatic rings. The molecule has 2 heterocycles. The van der Waals surface area contributed by atoms with E-state index >= 15 is 0 Å². The minimum absolute atomic E-state index is 0. The first-order valence-corrected chi connectivity index (χ1v) is 8.81. The Morgan fingerprint density at radius 1 is 1.19 bits per heavy atom. The third-order valence-corrected chi connectivity index (χ3v) is 5.06. The maximum atomic E-state index is 12.1. The first kappa shape index (κ1) is 21.4. The van der Waals surface area contributed by atoms with Gasteiger partial charge < -0.3 is 19.3 Å². The molecule has 0 atom stereocenters. The van der Waals surface area contributed by atoms with Crippen molar-refractivity contribution in [3.63, 3.8) is 0 Å². The van der Waals surface area contributed by atoms with Crippen molar-refractivity contribution in [1.29, 1.82) is 0 Å². The van der Waals surface area contributed by atoms with Crippen LogP contribution >= 0.6 is 23.2 Å². The van der Waals surface area contributed by atoms with Gasteiger partial charge in [-0.15, -0.1) is 0 Å². The summed E-state index contributed by atoms with van der Waals surface area (Å²) < 4.78 is 6.90. The van der Waals surface area contributed by atoms with Crippen molar-refractivity contribution in [2.24, 2.45) is 0 Å². The zero-order chi connectivity index (χ0) is 18.1. The second-order valence-electron chi connectivity index (χ2n) is 5.84. The topological polar surface area (TPSA) is 71.8 Å². The van der Waals surface area contributed by atoms with Crippen molar-refractivity contribution in [1.82, 2.24) is 9.47 Å². The average molecular weight is 409 g/mol. The van der Waals surface area contributed by atoms with Gasteiger partial charge in [0.15, 0.2) is 0 Å². The van der Waals surface area contributed by atoms with Gasteiger partial charge in [0.2, 0.25) is 0 Å². The summed E-state index contributed by atoms with van der Waals surface area (Å²) in [6, 6.07) is 3.43. The SMILES string of the molecule is CCOC(=O)Cn1c2c(c3c(Cl)ccc(Cl)c31)CCN(C(=O)O)CC2.[NaH]. The molecule has 0 aliphatic carbocycles. The van der Waals surface area contributed by atoms with Crippen LogP contribution in [0.15, 0.2) is 12.1 Å². The van der Waals surface area contributed by atoms with Gasteiger partial charge in [0, 0.05) is 30.6 Å². The van der Waals surface area contributed by atoms with Crippen LogP contribution in [0, 0.1) is 0 Å². The van der Waals surface area contributed by atoms with E-state index in [2.05, 4.69) is 0 Å². The Balaban J connectivity index is 0.00000243. The van der Waals surface area contributed by atoms with Crippen molar-refractivity contribution in [3.05, 3.63) is 33.4 Å². The summed E-state index contributed by atoms with van der Waals surface area (Å²) in [6.07, 6.45) is 0.0617. The molecule has 0 saturated carbocycles. The second kappa shape index (κ2) is 8.85. The predicted octanol–water partition coefficient (Wildman–Crippen LogP) is 2.94. The number of hydrogen-bond acceptors (Lipinski definition) is 3. The van der Waals surface area contributed by atoms with E-state index in [-0.39, 0.29) is 42.1 Å². The minimum atomic E-state index is -0.949. The monoisotopic (exact) mass is 408 g/mol. The average Bonchev–Trinajstić information content (AvgIpc) is 2.72. The Morgan fingerprint density at radius 3 is 2.50 bits per heavy atom. The maximum absolute atomic E-state index is 12.1. The number of nitrogens with zero attached hydrogens (tertiary/aromatic N) is 2. The number of hydrogen-bond donors (Lipinski definition) is 1. The number of amides is 1. The van der Waals surface area contributed by atoms with Crippen LogP contribution in [0.5, 0.6) is 0 Å². The Morgan fingerprint density at radius 2 is 1.85 bits per heavy atom. The Kier molecular flexibility index (Phi) is 7.27. The third-order valence-electron chi connectivity index (χ3n) is 4.44. The number of halogens is 2. The Bertz CT molecular complexity index is 853. The molecule has 0 saturated heterocycles. The number of carbonyl (C=O) groups is 2. The molecule has 0 bridgehead atoms. The van der Waals surface area contributed by atoms with Gasteiger partial charge in [-0.25, -0.2) is 4.79 Å². The molecule has 1 aromatic heterocycles. The summed E-state index contributed by atoms with van der Waals surface area (Å²) in [7, 11) is 0. The van der Waals surface area contributed by atoms with Gasteiger partial charge in [-0.2, -0.15) is 0 Å². The summed E-state index contributed by atoms with van der Waals surface area (Å²) in [5, 5.41) is 11.1. The normalized spacial score (nSPS) is 13.7. The number of carbonyl (C=O) groups excluding carboxylic acids is 1. The van der Waals surface area contributed by atoms with Gasteiger partial charge in [0.25, 0.3) is 0 Å². The quantitative estimate of drug-likeness (QED) is 0.625. The van der Waals surface area contributed by atoms with E-state index < -0.39 is 6.09 Å². The summed E-state index contributed by atoms with van der Waals surface area (Å²) in [5.74, 6) is -0.363. The van der Waals surface area contributed by atoms with Crippen LogP contribution in [-0.2, 0) is 28.9 Å². The molecule has 0 fully saturated rings. The number of benzene rings is 1. The molecule has 3 rings (SSSR count). The number of carboxylic acid groups (broad SMARTS) is 1. The zero-order valence-electron chi connectivity index (χ0n) is 13.7. The number of ether oxygens (including phenoxy) is 1. The molecule has 0 unspecified atom stereocenters. The van der Waals surface area contributed by atoms with E-state index in [1.807, 2.05) is 4.57 Å². The molecule has 0 radical (unpaired) electrons. The molecular weight excluding hydrogens is 390 g/mol. The van der Waals surface area contributed by atoms with Crippen LogP contribution in [0.1, 0.15) is 18.2 Å². The first-order chi connectivity index (χ1) is 11.9. The molecule has 136 valence electrons. The van der Waals surface area contributed by atoms with Gasteiger partial charge >= 0.3 is 41.6 Å². The van der Waals surface area contributed by atoms with Gasteiger partial charge in [0.1, 0.15) is 6.54 Å². The molecule has 1 aliphatic heterocycles. The van der Waals surface area contributed by atoms with Crippen LogP contribution in [0.4, 0.5) is 4.79 Å². The fourth-order valence-corrected chi connectivity index (χ4v) is 3.92. The van der Waals surface area contributed by atoms with E-state index in [0.717, 1.165) is 16.6 Å². The molecule has 1 aromatic carbocycles. The molecule has 6 nitrogen and oxygen atoms in total. The van der Waals surface area contributed by atoms with E-state index in [1.54, 1.807) is 19.1 Å². The van der Waals surface area contributed by atoms with Crippen LogP contribution in [0.2, 0.25) is 10.0 Å². The van der Waals surface area contributed by atoms with Crippen LogP contribution < -0.4 is 0 Å². The Hall–Kier alpha value is -0.920. The van der Waals surface area contributed by atoms with Crippen molar-refractivity contribution < 1.29 is 19.4 Å². The molecule has 9 heteroatoms.